The maximum Gasteiger partial charge on any atom is 0.142 e. The summed E-state index contributed by atoms with van der Waals surface area (Å²) >= 11 is 0. The van der Waals surface area contributed by atoms with Crippen LogP contribution in [0.25, 0.3) is 0 Å². The van der Waals surface area contributed by atoms with Gasteiger partial charge in [-0.3, -0.25) is 0 Å². The standard InChI is InChI=1S/C14H20N2O/c1-2-8-15-12(5-1)10-17-13-6-3-4-11-7-9-16-14(11)13/h3-4,6,12,15-16H,1-2,5,7-10H2. The molecule has 1 saturated heterocycles. The van der Waals surface area contributed by atoms with Crippen molar-refractivity contribution in [3.8, 4) is 5.75 Å². The minimum atomic E-state index is 0.529. The zero-order chi connectivity index (χ0) is 11.5. The van der Waals surface area contributed by atoms with E-state index >= 15 is 0 Å². The van der Waals surface area contributed by atoms with Crippen LogP contribution in [0.3, 0.4) is 0 Å². The molecule has 92 valence electrons. The van der Waals surface area contributed by atoms with Crippen molar-refractivity contribution in [1.82, 2.24) is 5.32 Å². The van der Waals surface area contributed by atoms with E-state index in [0.717, 1.165) is 31.9 Å². The van der Waals surface area contributed by atoms with Gasteiger partial charge in [0.15, 0.2) is 0 Å². The Hall–Kier alpha value is -1.22. The van der Waals surface area contributed by atoms with Gasteiger partial charge in [0, 0.05) is 12.6 Å². The summed E-state index contributed by atoms with van der Waals surface area (Å²) in [6, 6.07) is 6.87. The smallest absolute Gasteiger partial charge is 0.142 e. The molecule has 0 bridgehead atoms. The highest BCUT2D eigenvalue weighted by Crippen LogP contribution is 2.32. The van der Waals surface area contributed by atoms with E-state index in [2.05, 4.69) is 28.8 Å². The van der Waals surface area contributed by atoms with Gasteiger partial charge in [0.25, 0.3) is 0 Å². The van der Waals surface area contributed by atoms with Gasteiger partial charge in [-0.15, -0.1) is 0 Å². The molecule has 3 nitrogen and oxygen atoms in total. The Balaban J connectivity index is 1.63. The van der Waals surface area contributed by atoms with Gasteiger partial charge in [-0.25, -0.2) is 0 Å². The summed E-state index contributed by atoms with van der Waals surface area (Å²) in [4.78, 5) is 0. The second-order valence-electron chi connectivity index (χ2n) is 4.92. The first kappa shape index (κ1) is 10.9. The lowest BCUT2D eigenvalue weighted by molar-refractivity contribution is 0.240. The summed E-state index contributed by atoms with van der Waals surface area (Å²) < 4.78 is 5.96. The Morgan fingerprint density at radius 3 is 3.12 bits per heavy atom. The van der Waals surface area contributed by atoms with Crippen LogP contribution in [0, 0.1) is 0 Å². The first-order valence-corrected chi connectivity index (χ1v) is 6.65. The lowest BCUT2D eigenvalue weighted by atomic mass is 10.1. The van der Waals surface area contributed by atoms with E-state index in [1.54, 1.807) is 0 Å². The molecule has 0 spiro atoms. The Morgan fingerprint density at radius 2 is 2.24 bits per heavy atom. The molecule has 1 aromatic rings. The minimum absolute atomic E-state index is 0.529. The van der Waals surface area contributed by atoms with E-state index in [4.69, 9.17) is 4.74 Å². The number of rotatable bonds is 3. The molecular formula is C14H20N2O. The number of nitrogens with one attached hydrogen (secondary N) is 2. The Kier molecular flexibility index (Phi) is 3.18. The molecule has 3 rings (SSSR count). The minimum Gasteiger partial charge on any atom is -0.490 e. The second-order valence-corrected chi connectivity index (χ2v) is 4.92. The number of hydrogen-bond acceptors (Lipinski definition) is 3. The van der Waals surface area contributed by atoms with Crippen molar-refractivity contribution in [2.24, 2.45) is 0 Å². The van der Waals surface area contributed by atoms with Gasteiger partial charge >= 0.3 is 0 Å². The van der Waals surface area contributed by atoms with Crippen molar-refractivity contribution in [2.45, 2.75) is 31.7 Å². The van der Waals surface area contributed by atoms with Crippen molar-refractivity contribution < 1.29 is 4.74 Å². The van der Waals surface area contributed by atoms with Gasteiger partial charge < -0.3 is 15.4 Å². The van der Waals surface area contributed by atoms with Crippen molar-refractivity contribution in [3.63, 3.8) is 0 Å². The number of fused-ring (bicyclic) bond motifs is 1. The molecule has 3 heteroatoms. The highest BCUT2D eigenvalue weighted by Gasteiger charge is 2.17. The molecule has 2 N–H and O–H groups in total. The van der Waals surface area contributed by atoms with E-state index in [0.29, 0.717) is 6.04 Å². The van der Waals surface area contributed by atoms with Crippen molar-refractivity contribution in [3.05, 3.63) is 23.8 Å². The van der Waals surface area contributed by atoms with E-state index in [1.165, 1.54) is 30.5 Å². The highest BCUT2D eigenvalue weighted by atomic mass is 16.5. The number of ether oxygens (including phenoxy) is 1. The zero-order valence-electron chi connectivity index (χ0n) is 10.2. The third-order valence-electron chi connectivity index (χ3n) is 3.66. The fourth-order valence-electron chi connectivity index (χ4n) is 2.68. The first-order valence-electron chi connectivity index (χ1n) is 6.65. The molecular weight excluding hydrogens is 212 g/mol. The molecule has 2 aliphatic heterocycles. The van der Waals surface area contributed by atoms with Crippen LogP contribution in [0.2, 0.25) is 0 Å². The summed E-state index contributed by atoms with van der Waals surface area (Å²) in [6.07, 6.45) is 4.99. The maximum absolute atomic E-state index is 5.96. The van der Waals surface area contributed by atoms with Crippen molar-refractivity contribution in [1.29, 1.82) is 0 Å². The molecule has 1 unspecified atom stereocenters. The van der Waals surface area contributed by atoms with Gasteiger partial charge in [0.2, 0.25) is 0 Å². The van der Waals surface area contributed by atoms with Gasteiger partial charge in [-0.2, -0.15) is 0 Å². The van der Waals surface area contributed by atoms with Crippen LogP contribution in [0.15, 0.2) is 18.2 Å². The predicted octanol–water partition coefficient (Wildman–Crippen LogP) is 2.18. The van der Waals surface area contributed by atoms with Gasteiger partial charge in [0.1, 0.15) is 12.4 Å². The number of anilines is 1. The molecule has 1 aromatic carbocycles. The van der Waals surface area contributed by atoms with E-state index < -0.39 is 0 Å². The Morgan fingerprint density at radius 1 is 1.24 bits per heavy atom. The van der Waals surface area contributed by atoms with Crippen LogP contribution in [0.5, 0.6) is 5.75 Å². The summed E-state index contributed by atoms with van der Waals surface area (Å²) in [5.74, 6) is 1.02. The Labute approximate surface area is 103 Å². The second kappa shape index (κ2) is 4.96. The molecule has 0 saturated carbocycles. The monoisotopic (exact) mass is 232 g/mol. The quantitative estimate of drug-likeness (QED) is 0.838. The molecule has 2 heterocycles. The summed E-state index contributed by atoms with van der Waals surface area (Å²) in [5.41, 5.74) is 2.60. The topological polar surface area (TPSA) is 33.3 Å². The van der Waals surface area contributed by atoms with Crippen LogP contribution < -0.4 is 15.4 Å². The fourth-order valence-corrected chi connectivity index (χ4v) is 2.68. The number of hydrogen-bond donors (Lipinski definition) is 2. The number of para-hydroxylation sites is 1. The lowest BCUT2D eigenvalue weighted by Crippen LogP contribution is -2.38. The van der Waals surface area contributed by atoms with Gasteiger partial charge in [0.05, 0.1) is 5.69 Å². The van der Waals surface area contributed by atoms with Crippen LogP contribution in [-0.4, -0.2) is 25.7 Å². The van der Waals surface area contributed by atoms with Crippen molar-refractivity contribution >= 4 is 5.69 Å². The molecule has 2 aliphatic rings. The Bertz CT molecular complexity index is 386. The average Bonchev–Trinajstić information content (AvgIpc) is 2.86. The van der Waals surface area contributed by atoms with E-state index in [9.17, 15) is 0 Å². The fraction of sp³-hybridized carbons (Fsp3) is 0.571. The molecule has 1 atom stereocenters. The summed E-state index contributed by atoms with van der Waals surface area (Å²) in [5, 5.41) is 6.92. The summed E-state index contributed by atoms with van der Waals surface area (Å²) in [7, 11) is 0. The van der Waals surface area contributed by atoms with Crippen LogP contribution in [-0.2, 0) is 6.42 Å². The third kappa shape index (κ3) is 2.39. The van der Waals surface area contributed by atoms with Crippen LogP contribution >= 0.6 is 0 Å². The molecule has 0 amide bonds. The SMILES string of the molecule is c1cc2c(c(OCC3CCCCN3)c1)NCC2. The average molecular weight is 232 g/mol. The molecule has 17 heavy (non-hydrogen) atoms. The largest absolute Gasteiger partial charge is 0.490 e. The third-order valence-corrected chi connectivity index (χ3v) is 3.66. The highest BCUT2D eigenvalue weighted by molar-refractivity contribution is 5.65. The van der Waals surface area contributed by atoms with Crippen LogP contribution in [0.1, 0.15) is 24.8 Å². The normalized spacial score (nSPS) is 22.9. The van der Waals surface area contributed by atoms with E-state index in [-0.39, 0.29) is 0 Å². The summed E-state index contributed by atoms with van der Waals surface area (Å²) in [6.45, 7) is 2.97. The van der Waals surface area contributed by atoms with Gasteiger partial charge in [-0.1, -0.05) is 18.6 Å². The molecule has 1 fully saturated rings. The first-order chi connectivity index (χ1) is 8.43. The van der Waals surface area contributed by atoms with Crippen molar-refractivity contribution in [2.75, 3.05) is 25.0 Å². The van der Waals surface area contributed by atoms with Gasteiger partial charge in [-0.05, 0) is 37.4 Å². The number of benzene rings is 1. The molecule has 0 aromatic heterocycles. The zero-order valence-corrected chi connectivity index (χ0v) is 10.2. The molecule has 0 radical (unpaired) electrons. The molecule has 0 aliphatic carbocycles. The maximum atomic E-state index is 5.96. The lowest BCUT2D eigenvalue weighted by Gasteiger charge is -2.24. The van der Waals surface area contributed by atoms with E-state index in [1.807, 2.05) is 0 Å². The number of piperidine rings is 1. The predicted molar refractivity (Wildman–Crippen MR) is 69.8 cm³/mol. The van der Waals surface area contributed by atoms with Crippen LogP contribution in [0.4, 0.5) is 5.69 Å².